The molecule has 4 aliphatic rings. The van der Waals surface area contributed by atoms with Crippen LogP contribution in [-0.2, 0) is 9.59 Å². The molecule has 4 aliphatic carbocycles. The van der Waals surface area contributed by atoms with Crippen LogP contribution in [0.4, 0.5) is 0 Å². The van der Waals surface area contributed by atoms with Crippen molar-refractivity contribution >= 4 is 11.8 Å². The second-order valence-electron chi connectivity index (χ2n) is 12.0. The highest BCUT2D eigenvalue weighted by atomic mass is 16.4. The number of fused-ring (bicyclic) bond motifs is 5. The minimum atomic E-state index is -0.752. The van der Waals surface area contributed by atoms with Crippen molar-refractivity contribution in [2.75, 3.05) is 0 Å². The SMILES string of the molecule is CC[C@H]1C(O)C2C3CC[C@H]([C@H](C)CCC(=O)O)[C@@]3(C)CC(=O)C2[C@@]2(C)CC[C@@H](O)C[C@@H]12. The summed E-state index contributed by atoms with van der Waals surface area (Å²) in [5.74, 6) is 0.743. The van der Waals surface area contributed by atoms with Crippen LogP contribution in [0.1, 0.15) is 85.5 Å². The fourth-order valence-corrected chi connectivity index (χ4v) is 9.29. The summed E-state index contributed by atoms with van der Waals surface area (Å²) in [7, 11) is 0. The number of hydrogen-bond donors (Lipinski definition) is 3. The van der Waals surface area contributed by atoms with E-state index in [0.717, 1.165) is 32.1 Å². The van der Waals surface area contributed by atoms with Gasteiger partial charge in [-0.15, -0.1) is 0 Å². The van der Waals surface area contributed by atoms with E-state index in [2.05, 4.69) is 27.7 Å². The molecule has 31 heavy (non-hydrogen) atoms. The summed E-state index contributed by atoms with van der Waals surface area (Å²) in [6.07, 6.45) is 5.88. The van der Waals surface area contributed by atoms with Crippen molar-refractivity contribution in [3.8, 4) is 0 Å². The predicted molar refractivity (Wildman–Crippen MR) is 118 cm³/mol. The molecule has 0 aliphatic heterocycles. The molecule has 0 spiro atoms. The Labute approximate surface area is 187 Å². The lowest BCUT2D eigenvalue weighted by atomic mass is 9.41. The summed E-state index contributed by atoms with van der Waals surface area (Å²) >= 11 is 0. The van der Waals surface area contributed by atoms with Gasteiger partial charge in [0.15, 0.2) is 0 Å². The van der Waals surface area contributed by atoms with E-state index < -0.39 is 12.1 Å². The maximum Gasteiger partial charge on any atom is 0.303 e. The average molecular weight is 435 g/mol. The number of carboxylic acids is 1. The zero-order chi connectivity index (χ0) is 22.7. The molecule has 0 aromatic carbocycles. The standard InChI is InChI=1S/C26H42O5/c1-5-16-19-12-15(27)10-11-25(19,3)23-20(28)13-26(4)17(14(2)6-9-21(29)30)7-8-18(26)22(23)24(16)31/h14-19,22-24,27,31H,5-13H2,1-4H3,(H,29,30)/t14-,15-,16-,17-,18?,19+,22?,23?,24?,25+,26-/m1/s1. The van der Waals surface area contributed by atoms with Gasteiger partial charge in [-0.2, -0.15) is 0 Å². The van der Waals surface area contributed by atoms with Crippen LogP contribution < -0.4 is 0 Å². The van der Waals surface area contributed by atoms with Crippen molar-refractivity contribution in [1.29, 1.82) is 0 Å². The molecule has 4 unspecified atom stereocenters. The average Bonchev–Trinajstić information content (AvgIpc) is 3.04. The number of aliphatic hydroxyl groups excluding tert-OH is 2. The summed E-state index contributed by atoms with van der Waals surface area (Å²) in [4.78, 5) is 24.9. The molecule has 0 saturated heterocycles. The van der Waals surface area contributed by atoms with Crippen LogP contribution in [0, 0.1) is 52.3 Å². The predicted octanol–water partition coefficient (Wildman–Crippen LogP) is 4.29. The van der Waals surface area contributed by atoms with Gasteiger partial charge in [0, 0.05) is 18.8 Å². The largest absolute Gasteiger partial charge is 0.481 e. The molecule has 176 valence electrons. The molecule has 0 aromatic rings. The number of ketones is 1. The molecule has 0 radical (unpaired) electrons. The highest BCUT2D eigenvalue weighted by Gasteiger charge is 2.67. The van der Waals surface area contributed by atoms with Crippen molar-refractivity contribution in [2.24, 2.45) is 52.3 Å². The van der Waals surface area contributed by atoms with E-state index >= 15 is 0 Å². The van der Waals surface area contributed by atoms with Crippen LogP contribution in [0.3, 0.4) is 0 Å². The first-order valence-corrected chi connectivity index (χ1v) is 12.6. The van der Waals surface area contributed by atoms with Gasteiger partial charge in [0.1, 0.15) is 5.78 Å². The van der Waals surface area contributed by atoms with Gasteiger partial charge in [-0.3, -0.25) is 9.59 Å². The Hall–Kier alpha value is -0.940. The van der Waals surface area contributed by atoms with Gasteiger partial charge >= 0.3 is 5.97 Å². The van der Waals surface area contributed by atoms with Crippen molar-refractivity contribution in [3.05, 3.63) is 0 Å². The van der Waals surface area contributed by atoms with Gasteiger partial charge in [-0.05, 0) is 84.9 Å². The number of aliphatic hydroxyl groups is 2. The second-order valence-corrected chi connectivity index (χ2v) is 12.0. The lowest BCUT2D eigenvalue weighted by Gasteiger charge is -2.63. The Bertz CT molecular complexity index is 721. The summed E-state index contributed by atoms with van der Waals surface area (Å²) < 4.78 is 0. The zero-order valence-corrected chi connectivity index (χ0v) is 19.7. The van der Waals surface area contributed by atoms with E-state index in [9.17, 15) is 19.8 Å². The minimum absolute atomic E-state index is 0.00404. The normalized spacial score (nSPS) is 50.3. The van der Waals surface area contributed by atoms with Gasteiger partial charge in [-0.25, -0.2) is 0 Å². The number of aliphatic carboxylic acids is 1. The van der Waals surface area contributed by atoms with Crippen molar-refractivity contribution < 1.29 is 24.9 Å². The summed E-state index contributed by atoms with van der Waals surface area (Å²) in [5.41, 5.74) is -0.276. The Balaban J connectivity index is 1.67. The number of carbonyl (C=O) groups excluding carboxylic acids is 1. The number of rotatable bonds is 5. The first-order valence-electron chi connectivity index (χ1n) is 12.6. The Morgan fingerprint density at radius 3 is 2.48 bits per heavy atom. The van der Waals surface area contributed by atoms with E-state index in [1.165, 1.54) is 0 Å². The second kappa shape index (κ2) is 8.13. The molecule has 4 saturated carbocycles. The lowest BCUT2D eigenvalue weighted by Crippen LogP contribution is -2.64. The monoisotopic (exact) mass is 434 g/mol. The maximum atomic E-state index is 13.8. The zero-order valence-electron chi connectivity index (χ0n) is 19.7. The molecule has 0 heterocycles. The van der Waals surface area contributed by atoms with E-state index in [4.69, 9.17) is 5.11 Å². The third-order valence-corrected chi connectivity index (χ3v) is 10.7. The van der Waals surface area contributed by atoms with E-state index in [1.54, 1.807) is 0 Å². The van der Waals surface area contributed by atoms with Gasteiger partial charge in [0.2, 0.25) is 0 Å². The van der Waals surface area contributed by atoms with Crippen molar-refractivity contribution in [1.82, 2.24) is 0 Å². The fraction of sp³-hybridized carbons (Fsp3) is 0.923. The highest BCUT2D eigenvalue weighted by molar-refractivity contribution is 5.84. The number of Topliss-reactive ketones (excluding diaryl/α,β-unsaturated/α-hetero) is 1. The number of carbonyl (C=O) groups is 2. The third-order valence-electron chi connectivity index (χ3n) is 10.7. The van der Waals surface area contributed by atoms with Gasteiger partial charge in [0.05, 0.1) is 12.2 Å². The number of hydrogen-bond acceptors (Lipinski definition) is 4. The molecule has 4 fully saturated rings. The van der Waals surface area contributed by atoms with Crippen LogP contribution in [0.2, 0.25) is 0 Å². The van der Waals surface area contributed by atoms with Gasteiger partial charge in [0.25, 0.3) is 0 Å². The molecule has 0 aromatic heterocycles. The van der Waals surface area contributed by atoms with Crippen LogP contribution in [0.5, 0.6) is 0 Å². The molecule has 5 nitrogen and oxygen atoms in total. The molecule has 11 atom stereocenters. The molecular weight excluding hydrogens is 392 g/mol. The van der Waals surface area contributed by atoms with Crippen molar-refractivity contribution in [2.45, 2.75) is 97.7 Å². The maximum absolute atomic E-state index is 13.8. The Morgan fingerprint density at radius 2 is 1.84 bits per heavy atom. The number of carboxylic acid groups (broad SMARTS) is 1. The minimum Gasteiger partial charge on any atom is -0.481 e. The molecule has 5 heteroatoms. The summed E-state index contributed by atoms with van der Waals surface area (Å²) in [6, 6.07) is 0. The van der Waals surface area contributed by atoms with Crippen LogP contribution in [0.15, 0.2) is 0 Å². The molecular formula is C26H42O5. The smallest absolute Gasteiger partial charge is 0.303 e. The Kier molecular flexibility index (Phi) is 6.09. The molecule has 0 amide bonds. The third kappa shape index (κ3) is 3.49. The van der Waals surface area contributed by atoms with E-state index in [1.807, 2.05) is 0 Å². The van der Waals surface area contributed by atoms with E-state index in [-0.39, 0.29) is 52.9 Å². The van der Waals surface area contributed by atoms with Gasteiger partial charge in [-0.1, -0.05) is 34.1 Å². The Morgan fingerprint density at radius 1 is 1.13 bits per heavy atom. The van der Waals surface area contributed by atoms with Crippen molar-refractivity contribution in [3.63, 3.8) is 0 Å². The van der Waals surface area contributed by atoms with Crippen LogP contribution in [0.25, 0.3) is 0 Å². The first kappa shape index (κ1) is 23.2. The fourth-order valence-electron chi connectivity index (χ4n) is 9.29. The molecule has 3 N–H and O–H groups in total. The molecule has 4 rings (SSSR count). The van der Waals surface area contributed by atoms with E-state index in [0.29, 0.717) is 36.9 Å². The van der Waals surface area contributed by atoms with Gasteiger partial charge < -0.3 is 15.3 Å². The summed E-state index contributed by atoms with van der Waals surface area (Å²) in [6.45, 7) is 8.83. The van der Waals surface area contributed by atoms with Crippen LogP contribution in [-0.4, -0.2) is 39.3 Å². The molecule has 0 bridgehead atoms. The first-order chi connectivity index (χ1) is 14.5. The topological polar surface area (TPSA) is 94.8 Å². The van der Waals surface area contributed by atoms with Crippen LogP contribution >= 0.6 is 0 Å². The quantitative estimate of drug-likeness (QED) is 0.600. The summed E-state index contributed by atoms with van der Waals surface area (Å²) in [5, 5.41) is 31.2. The highest BCUT2D eigenvalue weighted by Crippen LogP contribution is 2.68. The lowest BCUT2D eigenvalue weighted by molar-refractivity contribution is -0.202.